The van der Waals surface area contributed by atoms with Crippen LogP contribution in [0.1, 0.15) is 57.2 Å². The second-order valence-electron chi connectivity index (χ2n) is 12.8. The summed E-state index contributed by atoms with van der Waals surface area (Å²) in [4.78, 5) is 57.2. The van der Waals surface area contributed by atoms with Crippen LogP contribution in [0.2, 0.25) is 0 Å². The van der Waals surface area contributed by atoms with Gasteiger partial charge in [-0.2, -0.15) is 0 Å². The van der Waals surface area contributed by atoms with Gasteiger partial charge >= 0.3 is 5.97 Å². The van der Waals surface area contributed by atoms with Crippen molar-refractivity contribution in [1.29, 1.82) is 0 Å². The number of imide groups is 1. The molecule has 224 valence electrons. The molecule has 0 N–H and O–H groups in total. The third-order valence-corrected chi connectivity index (χ3v) is 10.3. The van der Waals surface area contributed by atoms with Crippen LogP contribution in [0.5, 0.6) is 5.75 Å². The van der Waals surface area contributed by atoms with Crippen molar-refractivity contribution in [2.75, 3.05) is 16.3 Å². The fraction of sp³-hybridized carbons (Fsp3) is 0.263. The molecule has 2 bridgehead atoms. The van der Waals surface area contributed by atoms with Crippen molar-refractivity contribution < 1.29 is 23.9 Å². The Morgan fingerprint density at radius 1 is 0.689 bits per heavy atom. The van der Waals surface area contributed by atoms with E-state index in [-0.39, 0.29) is 42.5 Å². The maximum atomic E-state index is 14.2. The molecule has 2 aliphatic heterocycles. The number of nitrogens with zero attached hydrogens (tertiary/aromatic N) is 2. The molecule has 45 heavy (non-hydrogen) atoms. The topological polar surface area (TPSA) is 84.0 Å². The van der Waals surface area contributed by atoms with Gasteiger partial charge in [-0.1, -0.05) is 54.6 Å². The minimum Gasteiger partial charge on any atom is -0.426 e. The van der Waals surface area contributed by atoms with Gasteiger partial charge in [0.1, 0.15) is 5.75 Å². The molecular formula is C38H32N2O5. The Hall–Kier alpha value is -5.04. The molecule has 4 aromatic rings. The predicted molar refractivity (Wildman–Crippen MR) is 169 cm³/mol. The molecule has 0 unspecified atom stereocenters. The number of amides is 3. The van der Waals surface area contributed by atoms with Gasteiger partial charge in [-0.05, 0) is 90.0 Å². The van der Waals surface area contributed by atoms with E-state index in [2.05, 4.69) is 24.3 Å². The molecule has 3 amide bonds. The second kappa shape index (κ2) is 9.99. The molecule has 0 saturated carbocycles. The van der Waals surface area contributed by atoms with Gasteiger partial charge in [-0.25, -0.2) is 4.90 Å². The average Bonchev–Trinajstić information content (AvgIpc) is 3.56. The molecule has 2 fully saturated rings. The number of hydrogen-bond donors (Lipinski definition) is 0. The zero-order valence-electron chi connectivity index (χ0n) is 25.3. The monoisotopic (exact) mass is 596 g/mol. The number of esters is 1. The fourth-order valence-electron chi connectivity index (χ4n) is 8.07. The largest absolute Gasteiger partial charge is 0.426 e. The number of rotatable bonds is 4. The Morgan fingerprint density at radius 2 is 1.27 bits per heavy atom. The molecule has 3 atom stereocenters. The van der Waals surface area contributed by atoms with Crippen LogP contribution in [0.3, 0.4) is 0 Å². The Balaban J connectivity index is 1.04. The SMILES string of the molecule is Cc1ccc(N2C[C@H](C(=O)Oc3ccc(N4C(=O)[C@@H]5C6c7ccccc7C(c7ccccc76)[C@H]5C4=O)c(C)c3)CC2=O)cc1C. The zero-order valence-corrected chi connectivity index (χ0v) is 25.3. The number of carbonyl (C=O) groups excluding carboxylic acids is 4. The summed E-state index contributed by atoms with van der Waals surface area (Å²) >= 11 is 0. The molecule has 0 spiro atoms. The van der Waals surface area contributed by atoms with Gasteiger partial charge in [0.05, 0.1) is 23.4 Å². The van der Waals surface area contributed by atoms with Crippen molar-refractivity contribution in [2.45, 2.75) is 39.0 Å². The van der Waals surface area contributed by atoms with E-state index in [0.29, 0.717) is 17.0 Å². The molecule has 2 saturated heterocycles. The van der Waals surface area contributed by atoms with E-state index in [1.807, 2.05) is 63.2 Å². The van der Waals surface area contributed by atoms with E-state index in [0.717, 1.165) is 39.1 Å². The highest BCUT2D eigenvalue weighted by Crippen LogP contribution is 2.61. The Kier molecular flexibility index (Phi) is 6.11. The quantitative estimate of drug-likeness (QED) is 0.165. The average molecular weight is 597 g/mol. The van der Waals surface area contributed by atoms with E-state index in [1.54, 1.807) is 23.1 Å². The summed E-state index contributed by atoms with van der Waals surface area (Å²) in [5.41, 5.74) is 8.68. The van der Waals surface area contributed by atoms with Crippen LogP contribution in [0.4, 0.5) is 11.4 Å². The predicted octanol–water partition coefficient (Wildman–Crippen LogP) is 5.97. The lowest BCUT2D eigenvalue weighted by molar-refractivity contribution is -0.139. The van der Waals surface area contributed by atoms with Crippen molar-refractivity contribution in [3.05, 3.63) is 124 Å². The minimum absolute atomic E-state index is 0.0789. The van der Waals surface area contributed by atoms with E-state index in [9.17, 15) is 19.2 Å². The Bertz CT molecular complexity index is 1850. The third kappa shape index (κ3) is 4.03. The number of anilines is 2. The third-order valence-electron chi connectivity index (χ3n) is 10.3. The molecule has 2 heterocycles. The molecule has 9 rings (SSSR count). The molecular weight excluding hydrogens is 564 g/mol. The zero-order chi connectivity index (χ0) is 31.1. The summed E-state index contributed by atoms with van der Waals surface area (Å²) in [5.74, 6) is -2.53. The molecule has 7 heteroatoms. The molecule has 4 aromatic carbocycles. The maximum Gasteiger partial charge on any atom is 0.316 e. The minimum atomic E-state index is -0.595. The lowest BCUT2D eigenvalue weighted by Crippen LogP contribution is -2.41. The van der Waals surface area contributed by atoms with Gasteiger partial charge in [0, 0.05) is 30.5 Å². The lowest BCUT2D eigenvalue weighted by Gasteiger charge is -2.45. The highest BCUT2D eigenvalue weighted by atomic mass is 16.5. The van der Waals surface area contributed by atoms with E-state index in [1.165, 1.54) is 4.90 Å². The van der Waals surface area contributed by atoms with Gasteiger partial charge in [0.15, 0.2) is 0 Å². The number of benzene rings is 4. The maximum absolute atomic E-state index is 14.2. The van der Waals surface area contributed by atoms with Crippen molar-refractivity contribution in [2.24, 2.45) is 17.8 Å². The smallest absolute Gasteiger partial charge is 0.316 e. The molecule has 3 aliphatic carbocycles. The molecule has 5 aliphatic rings. The van der Waals surface area contributed by atoms with Crippen molar-refractivity contribution >= 4 is 35.1 Å². The summed E-state index contributed by atoms with van der Waals surface area (Å²) in [7, 11) is 0. The Morgan fingerprint density at radius 3 is 1.80 bits per heavy atom. The summed E-state index contributed by atoms with van der Waals surface area (Å²) in [6, 6.07) is 27.2. The number of aryl methyl sites for hydroxylation is 3. The van der Waals surface area contributed by atoms with Crippen LogP contribution in [-0.2, 0) is 19.2 Å². The first-order valence-corrected chi connectivity index (χ1v) is 15.5. The fourth-order valence-corrected chi connectivity index (χ4v) is 8.07. The highest BCUT2D eigenvalue weighted by molar-refractivity contribution is 6.23. The normalized spacial score (nSPS) is 24.5. The van der Waals surface area contributed by atoms with Gasteiger partial charge in [-0.15, -0.1) is 0 Å². The van der Waals surface area contributed by atoms with Crippen LogP contribution in [-0.4, -0.2) is 30.2 Å². The molecule has 0 aromatic heterocycles. The number of ether oxygens (including phenoxy) is 1. The summed E-state index contributed by atoms with van der Waals surface area (Å²) in [6.45, 7) is 6.08. The summed E-state index contributed by atoms with van der Waals surface area (Å²) in [6.07, 6.45) is 0.0789. The van der Waals surface area contributed by atoms with Crippen LogP contribution in [0.15, 0.2) is 84.9 Å². The van der Waals surface area contributed by atoms with Crippen LogP contribution in [0, 0.1) is 38.5 Å². The second-order valence-corrected chi connectivity index (χ2v) is 12.8. The first-order valence-electron chi connectivity index (χ1n) is 15.5. The molecule has 0 radical (unpaired) electrons. The summed E-state index contributed by atoms with van der Waals surface area (Å²) < 4.78 is 5.74. The van der Waals surface area contributed by atoms with Crippen molar-refractivity contribution in [1.82, 2.24) is 0 Å². The van der Waals surface area contributed by atoms with Gasteiger partial charge in [0.25, 0.3) is 0 Å². The van der Waals surface area contributed by atoms with Crippen LogP contribution in [0.25, 0.3) is 0 Å². The van der Waals surface area contributed by atoms with E-state index >= 15 is 0 Å². The van der Waals surface area contributed by atoms with E-state index < -0.39 is 23.7 Å². The molecule has 7 nitrogen and oxygen atoms in total. The van der Waals surface area contributed by atoms with Crippen molar-refractivity contribution in [3.63, 3.8) is 0 Å². The van der Waals surface area contributed by atoms with Gasteiger partial charge in [-0.3, -0.25) is 19.2 Å². The number of carbonyl (C=O) groups is 4. The van der Waals surface area contributed by atoms with Gasteiger partial charge < -0.3 is 9.64 Å². The standard InChI is InChI=1S/C38H32N2O5/c1-20-12-13-24(16-21(20)2)39-19-23(18-31(39)41)38(44)45-25-14-15-30(22(3)17-25)40-36(42)34-32-26-8-4-5-9-27(26)33(35(34)37(40)43)29-11-7-6-10-28(29)32/h4-17,23,32-35H,18-19H2,1-3H3/t23-,32?,33?,34-,35-/m1/s1. The van der Waals surface area contributed by atoms with Crippen LogP contribution < -0.4 is 14.5 Å². The Labute approximate surface area is 261 Å². The van der Waals surface area contributed by atoms with Crippen LogP contribution >= 0.6 is 0 Å². The van der Waals surface area contributed by atoms with Gasteiger partial charge in [0.2, 0.25) is 17.7 Å². The summed E-state index contributed by atoms with van der Waals surface area (Å²) in [5, 5.41) is 0. The first-order chi connectivity index (χ1) is 21.7. The number of hydrogen-bond acceptors (Lipinski definition) is 5. The van der Waals surface area contributed by atoms with E-state index in [4.69, 9.17) is 4.74 Å². The highest BCUT2D eigenvalue weighted by Gasteiger charge is 2.61. The van der Waals surface area contributed by atoms with Crippen molar-refractivity contribution in [3.8, 4) is 5.75 Å². The first kappa shape index (κ1) is 27.5. The lowest BCUT2D eigenvalue weighted by atomic mass is 9.55.